The highest BCUT2D eigenvalue weighted by Crippen LogP contribution is 2.44. The summed E-state index contributed by atoms with van der Waals surface area (Å²) in [5, 5.41) is 3.02. The number of para-hydroxylation sites is 2. The first-order chi connectivity index (χ1) is 17.2. The standard InChI is InChI=1S/C27H31N3O6/c1-26(2)33-20-21(34-26)23-25(36-27(3,4)35-23)32-22(20)24(31)28-14-19-29-17-12-8-9-13-18(17)30(19)15-16-10-6-5-7-11-16/h5-13,20-23,25H,14-15H2,1-4H3,(H,28,31)/t20-,21+,22+,23-,25-/m1/s1. The molecule has 0 saturated carbocycles. The van der Waals surface area contributed by atoms with Crippen molar-refractivity contribution in [3.63, 3.8) is 0 Å². The molecule has 3 aliphatic heterocycles. The summed E-state index contributed by atoms with van der Waals surface area (Å²) in [7, 11) is 0. The average Bonchev–Trinajstić information content (AvgIpc) is 3.46. The number of carbonyl (C=O) groups excluding carboxylic acids is 1. The summed E-state index contributed by atoms with van der Waals surface area (Å²) in [6, 6.07) is 18.1. The number of imidazole rings is 1. The lowest BCUT2D eigenvalue weighted by Gasteiger charge is -2.36. The van der Waals surface area contributed by atoms with Crippen molar-refractivity contribution in [3.8, 4) is 0 Å². The maximum Gasteiger partial charge on any atom is 0.252 e. The zero-order valence-corrected chi connectivity index (χ0v) is 20.8. The van der Waals surface area contributed by atoms with Gasteiger partial charge in [-0.05, 0) is 45.4 Å². The maximum absolute atomic E-state index is 13.5. The molecule has 9 nitrogen and oxygen atoms in total. The second kappa shape index (κ2) is 8.64. The van der Waals surface area contributed by atoms with Crippen LogP contribution in [0.25, 0.3) is 11.0 Å². The average molecular weight is 494 g/mol. The number of benzene rings is 2. The molecule has 4 heterocycles. The van der Waals surface area contributed by atoms with E-state index in [1.54, 1.807) is 0 Å². The Bertz CT molecular complexity index is 1270. The third kappa shape index (κ3) is 4.31. The molecule has 5 atom stereocenters. The Morgan fingerprint density at radius 3 is 2.36 bits per heavy atom. The van der Waals surface area contributed by atoms with Crippen molar-refractivity contribution < 1.29 is 28.5 Å². The fourth-order valence-corrected chi connectivity index (χ4v) is 5.29. The van der Waals surface area contributed by atoms with E-state index in [2.05, 4.69) is 22.0 Å². The number of hydrogen-bond donors (Lipinski definition) is 1. The molecule has 1 amide bonds. The summed E-state index contributed by atoms with van der Waals surface area (Å²) in [6.07, 6.45) is -3.23. The highest BCUT2D eigenvalue weighted by atomic mass is 16.9. The lowest BCUT2D eigenvalue weighted by atomic mass is 9.98. The molecule has 3 aliphatic rings. The molecule has 9 heteroatoms. The second-order valence-electron chi connectivity index (χ2n) is 10.4. The maximum atomic E-state index is 13.5. The number of carbonyl (C=O) groups is 1. The van der Waals surface area contributed by atoms with Gasteiger partial charge in [0.25, 0.3) is 5.91 Å². The number of ether oxygens (including phenoxy) is 5. The predicted molar refractivity (Wildman–Crippen MR) is 130 cm³/mol. The fourth-order valence-electron chi connectivity index (χ4n) is 5.29. The van der Waals surface area contributed by atoms with Crippen LogP contribution >= 0.6 is 0 Å². The van der Waals surface area contributed by atoms with E-state index < -0.39 is 42.3 Å². The molecule has 2 aromatic carbocycles. The molecule has 3 aromatic rings. The van der Waals surface area contributed by atoms with Crippen LogP contribution in [0, 0.1) is 0 Å². The molecule has 0 aliphatic carbocycles. The molecule has 36 heavy (non-hydrogen) atoms. The Labute approximate surface area is 209 Å². The van der Waals surface area contributed by atoms with Crippen LogP contribution in [0.4, 0.5) is 0 Å². The molecule has 0 spiro atoms. The van der Waals surface area contributed by atoms with Gasteiger partial charge in [0.1, 0.15) is 24.1 Å². The van der Waals surface area contributed by atoms with E-state index >= 15 is 0 Å². The second-order valence-corrected chi connectivity index (χ2v) is 10.4. The minimum Gasteiger partial charge on any atom is -0.347 e. The van der Waals surface area contributed by atoms with Gasteiger partial charge in [0.2, 0.25) is 0 Å². The van der Waals surface area contributed by atoms with Crippen molar-refractivity contribution in [2.45, 2.75) is 83.1 Å². The van der Waals surface area contributed by atoms with E-state index in [1.165, 1.54) is 0 Å². The van der Waals surface area contributed by atoms with Gasteiger partial charge in [0, 0.05) is 6.54 Å². The number of amides is 1. The zero-order valence-electron chi connectivity index (χ0n) is 20.8. The lowest BCUT2D eigenvalue weighted by molar-refractivity contribution is -0.231. The number of nitrogens with zero attached hydrogens (tertiary/aromatic N) is 2. The van der Waals surface area contributed by atoms with Gasteiger partial charge in [-0.1, -0.05) is 42.5 Å². The Kier molecular flexibility index (Phi) is 5.66. The number of rotatable bonds is 5. The van der Waals surface area contributed by atoms with Gasteiger partial charge in [-0.15, -0.1) is 0 Å². The van der Waals surface area contributed by atoms with Crippen molar-refractivity contribution in [2.75, 3.05) is 0 Å². The smallest absolute Gasteiger partial charge is 0.252 e. The molecule has 0 bridgehead atoms. The van der Waals surface area contributed by atoms with E-state index in [1.807, 2.05) is 70.2 Å². The van der Waals surface area contributed by atoms with Crippen LogP contribution in [0.1, 0.15) is 39.1 Å². The SMILES string of the molecule is CC1(C)O[C@H]2[C@@H](O1)[C@@H](C(=O)NCc1nc3ccccc3n1Cc1ccccc1)O[C@@H]1OC(C)(C)O[C@@H]12. The van der Waals surface area contributed by atoms with Crippen LogP contribution in [-0.2, 0) is 41.6 Å². The van der Waals surface area contributed by atoms with Crippen molar-refractivity contribution in [3.05, 3.63) is 66.0 Å². The fraction of sp³-hybridized carbons (Fsp3) is 0.481. The molecule has 1 N–H and O–H groups in total. The molecular weight excluding hydrogens is 462 g/mol. The van der Waals surface area contributed by atoms with Gasteiger partial charge in [-0.25, -0.2) is 4.98 Å². The van der Waals surface area contributed by atoms with Crippen molar-refractivity contribution in [1.29, 1.82) is 0 Å². The Morgan fingerprint density at radius 2 is 1.56 bits per heavy atom. The Morgan fingerprint density at radius 1 is 0.889 bits per heavy atom. The van der Waals surface area contributed by atoms with E-state index in [-0.39, 0.29) is 12.5 Å². The van der Waals surface area contributed by atoms with Crippen molar-refractivity contribution in [1.82, 2.24) is 14.9 Å². The van der Waals surface area contributed by atoms with Crippen molar-refractivity contribution >= 4 is 16.9 Å². The first kappa shape index (κ1) is 23.6. The highest BCUT2D eigenvalue weighted by molar-refractivity contribution is 5.82. The number of nitrogens with one attached hydrogen (secondary N) is 1. The molecule has 3 fully saturated rings. The summed E-state index contributed by atoms with van der Waals surface area (Å²) in [5.74, 6) is -1.27. The van der Waals surface area contributed by atoms with Gasteiger partial charge >= 0.3 is 0 Å². The molecule has 190 valence electrons. The van der Waals surface area contributed by atoms with Gasteiger partial charge in [-0.2, -0.15) is 0 Å². The normalized spacial score (nSPS) is 30.2. The van der Waals surface area contributed by atoms with Crippen LogP contribution in [0.5, 0.6) is 0 Å². The van der Waals surface area contributed by atoms with Crippen LogP contribution in [-0.4, -0.2) is 57.7 Å². The quantitative estimate of drug-likeness (QED) is 0.584. The van der Waals surface area contributed by atoms with E-state index in [0.29, 0.717) is 6.54 Å². The van der Waals surface area contributed by atoms with Crippen LogP contribution in [0.15, 0.2) is 54.6 Å². The monoisotopic (exact) mass is 493 g/mol. The van der Waals surface area contributed by atoms with Gasteiger partial charge < -0.3 is 33.6 Å². The van der Waals surface area contributed by atoms with Crippen LogP contribution in [0.3, 0.4) is 0 Å². The Hall–Kier alpha value is -2.82. The summed E-state index contributed by atoms with van der Waals surface area (Å²) in [5.41, 5.74) is 3.04. The van der Waals surface area contributed by atoms with Gasteiger partial charge in [0.05, 0.1) is 17.6 Å². The number of aromatic nitrogens is 2. The third-order valence-electron chi connectivity index (χ3n) is 6.75. The summed E-state index contributed by atoms with van der Waals surface area (Å²) < 4.78 is 32.4. The lowest BCUT2D eigenvalue weighted by Crippen LogP contribution is -2.59. The zero-order chi connectivity index (χ0) is 25.1. The first-order valence-electron chi connectivity index (χ1n) is 12.3. The number of hydrogen-bond acceptors (Lipinski definition) is 7. The highest BCUT2D eigenvalue weighted by Gasteiger charge is 2.62. The molecule has 0 unspecified atom stereocenters. The van der Waals surface area contributed by atoms with E-state index in [9.17, 15) is 4.79 Å². The molecular formula is C27H31N3O6. The van der Waals surface area contributed by atoms with Gasteiger partial charge in [-0.3, -0.25) is 4.79 Å². The van der Waals surface area contributed by atoms with E-state index in [4.69, 9.17) is 28.7 Å². The number of fused-ring (bicyclic) bond motifs is 4. The summed E-state index contributed by atoms with van der Waals surface area (Å²) >= 11 is 0. The predicted octanol–water partition coefficient (Wildman–Crippen LogP) is 3.10. The molecule has 1 aromatic heterocycles. The molecule has 0 radical (unpaired) electrons. The van der Waals surface area contributed by atoms with E-state index in [0.717, 1.165) is 22.4 Å². The Balaban J connectivity index is 1.23. The minimum absolute atomic E-state index is 0.235. The van der Waals surface area contributed by atoms with Crippen LogP contribution in [0.2, 0.25) is 0 Å². The van der Waals surface area contributed by atoms with Gasteiger partial charge in [0.15, 0.2) is 24.0 Å². The largest absolute Gasteiger partial charge is 0.347 e. The third-order valence-corrected chi connectivity index (χ3v) is 6.75. The summed E-state index contributed by atoms with van der Waals surface area (Å²) in [4.78, 5) is 18.2. The van der Waals surface area contributed by atoms with Crippen LogP contribution < -0.4 is 5.32 Å². The molecule has 3 saturated heterocycles. The minimum atomic E-state index is -0.914. The molecule has 6 rings (SSSR count). The first-order valence-corrected chi connectivity index (χ1v) is 12.3. The summed E-state index contributed by atoms with van der Waals surface area (Å²) in [6.45, 7) is 8.16. The topological polar surface area (TPSA) is 93.1 Å². The van der Waals surface area contributed by atoms with Crippen molar-refractivity contribution in [2.24, 2.45) is 0 Å².